The molecule has 1 aliphatic heterocycles. The third kappa shape index (κ3) is 4.71. The molecule has 2 atom stereocenters. The summed E-state index contributed by atoms with van der Waals surface area (Å²) in [4.78, 5) is 15.9. The lowest BCUT2D eigenvalue weighted by Gasteiger charge is -2.31. The maximum Gasteiger partial charge on any atom is 0.239 e. The number of methoxy groups -OCH3 is 1. The van der Waals surface area contributed by atoms with Gasteiger partial charge in [-0.15, -0.1) is 0 Å². The van der Waals surface area contributed by atoms with E-state index < -0.39 is 9.84 Å². The van der Waals surface area contributed by atoms with E-state index in [9.17, 15) is 13.2 Å². The molecule has 7 heteroatoms. The smallest absolute Gasteiger partial charge is 0.239 e. The first-order chi connectivity index (χ1) is 9.28. The van der Waals surface area contributed by atoms with Crippen molar-refractivity contribution in [1.29, 1.82) is 0 Å². The van der Waals surface area contributed by atoms with E-state index in [2.05, 4.69) is 0 Å². The van der Waals surface area contributed by atoms with Crippen molar-refractivity contribution in [3.8, 4) is 0 Å². The van der Waals surface area contributed by atoms with E-state index in [1.807, 2.05) is 18.9 Å². The van der Waals surface area contributed by atoms with Crippen LogP contribution in [0.25, 0.3) is 0 Å². The zero-order chi connectivity index (χ0) is 15.3. The van der Waals surface area contributed by atoms with Gasteiger partial charge in [-0.2, -0.15) is 0 Å². The van der Waals surface area contributed by atoms with Crippen molar-refractivity contribution >= 4 is 15.7 Å². The maximum absolute atomic E-state index is 12.4. The van der Waals surface area contributed by atoms with Crippen LogP contribution < -0.4 is 0 Å². The third-order valence-corrected chi connectivity index (χ3v) is 5.73. The molecule has 1 heterocycles. The molecule has 1 rings (SSSR count). The zero-order valence-electron chi connectivity index (χ0n) is 12.8. The summed E-state index contributed by atoms with van der Waals surface area (Å²) in [6.45, 7) is 3.30. The Morgan fingerprint density at radius 1 is 1.40 bits per heavy atom. The van der Waals surface area contributed by atoms with E-state index in [0.29, 0.717) is 13.0 Å². The SMILES string of the molecule is COCCCN(C)C(C)C(=O)N(C)C1CCS(=O)(=O)C1. The van der Waals surface area contributed by atoms with E-state index in [-0.39, 0.29) is 29.5 Å². The molecule has 0 aliphatic carbocycles. The molecule has 0 aromatic carbocycles. The fourth-order valence-corrected chi connectivity index (χ4v) is 4.17. The Hall–Kier alpha value is -0.660. The summed E-state index contributed by atoms with van der Waals surface area (Å²) in [6.07, 6.45) is 1.41. The summed E-state index contributed by atoms with van der Waals surface area (Å²) in [5.41, 5.74) is 0. The van der Waals surface area contributed by atoms with Crippen LogP contribution in [0.4, 0.5) is 0 Å². The maximum atomic E-state index is 12.4. The van der Waals surface area contributed by atoms with E-state index in [1.54, 1.807) is 19.1 Å². The first kappa shape index (κ1) is 17.4. The molecule has 0 spiro atoms. The van der Waals surface area contributed by atoms with Gasteiger partial charge in [-0.1, -0.05) is 0 Å². The number of ether oxygens (including phenoxy) is 1. The summed E-state index contributed by atoms with van der Waals surface area (Å²) < 4.78 is 28.0. The van der Waals surface area contributed by atoms with Crippen molar-refractivity contribution in [2.24, 2.45) is 0 Å². The van der Waals surface area contributed by atoms with Gasteiger partial charge in [0.25, 0.3) is 0 Å². The average Bonchev–Trinajstić information content (AvgIpc) is 2.76. The second-order valence-electron chi connectivity index (χ2n) is 5.51. The molecule has 1 fully saturated rings. The number of sulfone groups is 1. The second-order valence-corrected chi connectivity index (χ2v) is 7.74. The molecule has 0 N–H and O–H groups in total. The second kappa shape index (κ2) is 7.38. The van der Waals surface area contributed by atoms with Crippen molar-refractivity contribution < 1.29 is 17.9 Å². The molecule has 0 aromatic heterocycles. The molecule has 1 amide bonds. The van der Waals surface area contributed by atoms with Crippen molar-refractivity contribution in [2.75, 3.05) is 45.9 Å². The minimum absolute atomic E-state index is 0.0213. The van der Waals surface area contributed by atoms with Crippen molar-refractivity contribution in [2.45, 2.75) is 31.8 Å². The lowest BCUT2D eigenvalue weighted by atomic mass is 10.2. The molecule has 118 valence electrons. The molecule has 0 saturated carbocycles. The fraction of sp³-hybridized carbons (Fsp3) is 0.923. The van der Waals surface area contributed by atoms with Crippen LogP contribution in [-0.4, -0.2) is 82.1 Å². The Kier molecular flexibility index (Phi) is 6.42. The fourth-order valence-electron chi connectivity index (χ4n) is 2.40. The minimum Gasteiger partial charge on any atom is -0.385 e. The van der Waals surface area contributed by atoms with Gasteiger partial charge in [0.1, 0.15) is 0 Å². The molecular weight excluding hydrogens is 280 g/mol. The standard InChI is InChI=1S/C13H26N2O4S/c1-11(14(2)7-5-8-19-4)13(16)15(3)12-6-9-20(17,18)10-12/h11-12H,5-10H2,1-4H3. The number of likely N-dealkylation sites (N-methyl/N-ethyl adjacent to an activating group) is 2. The topological polar surface area (TPSA) is 66.9 Å². The highest BCUT2D eigenvalue weighted by Crippen LogP contribution is 2.18. The summed E-state index contributed by atoms with van der Waals surface area (Å²) in [5, 5.41) is 0. The van der Waals surface area contributed by atoms with Crippen LogP contribution in [0.5, 0.6) is 0 Å². The number of nitrogens with zero attached hydrogens (tertiary/aromatic N) is 2. The Morgan fingerprint density at radius 3 is 2.55 bits per heavy atom. The van der Waals surface area contributed by atoms with Gasteiger partial charge in [0.05, 0.1) is 17.5 Å². The zero-order valence-corrected chi connectivity index (χ0v) is 13.6. The Bertz CT molecular complexity index is 424. The predicted octanol–water partition coefficient (Wildman–Crippen LogP) is -0.0113. The van der Waals surface area contributed by atoms with Gasteiger partial charge in [-0.25, -0.2) is 8.42 Å². The summed E-state index contributed by atoms with van der Waals surface area (Å²) in [7, 11) is 2.30. The van der Waals surface area contributed by atoms with E-state index in [1.165, 1.54) is 0 Å². The average molecular weight is 306 g/mol. The van der Waals surface area contributed by atoms with Gasteiger partial charge in [0.2, 0.25) is 5.91 Å². The van der Waals surface area contributed by atoms with Gasteiger partial charge in [-0.3, -0.25) is 9.69 Å². The van der Waals surface area contributed by atoms with Crippen LogP contribution in [0, 0.1) is 0 Å². The molecular formula is C13H26N2O4S. The number of hydrogen-bond donors (Lipinski definition) is 0. The monoisotopic (exact) mass is 306 g/mol. The Labute approximate surface area is 122 Å². The third-order valence-electron chi connectivity index (χ3n) is 3.98. The molecule has 6 nitrogen and oxygen atoms in total. The van der Waals surface area contributed by atoms with E-state index in [0.717, 1.165) is 13.0 Å². The highest BCUT2D eigenvalue weighted by atomic mass is 32.2. The number of amides is 1. The lowest BCUT2D eigenvalue weighted by Crippen LogP contribution is -2.48. The van der Waals surface area contributed by atoms with Crippen molar-refractivity contribution in [3.63, 3.8) is 0 Å². The molecule has 2 unspecified atom stereocenters. The molecule has 0 radical (unpaired) electrons. The first-order valence-corrected chi connectivity index (χ1v) is 8.77. The van der Waals surface area contributed by atoms with E-state index in [4.69, 9.17) is 4.74 Å². The van der Waals surface area contributed by atoms with Crippen LogP contribution in [0.1, 0.15) is 19.8 Å². The van der Waals surface area contributed by atoms with Gasteiger partial charge in [0, 0.05) is 33.4 Å². The number of rotatable bonds is 7. The summed E-state index contributed by atoms with van der Waals surface area (Å²) in [5.74, 6) is 0.259. The van der Waals surface area contributed by atoms with Crippen LogP contribution in [0.15, 0.2) is 0 Å². The minimum atomic E-state index is -2.96. The lowest BCUT2D eigenvalue weighted by molar-refractivity contribution is -0.136. The highest BCUT2D eigenvalue weighted by Gasteiger charge is 2.34. The predicted molar refractivity (Wildman–Crippen MR) is 78.4 cm³/mol. The van der Waals surface area contributed by atoms with Crippen LogP contribution >= 0.6 is 0 Å². The molecule has 1 aliphatic rings. The number of hydrogen-bond acceptors (Lipinski definition) is 5. The van der Waals surface area contributed by atoms with Gasteiger partial charge in [0.15, 0.2) is 9.84 Å². The van der Waals surface area contributed by atoms with Gasteiger partial charge >= 0.3 is 0 Å². The van der Waals surface area contributed by atoms with E-state index >= 15 is 0 Å². The van der Waals surface area contributed by atoms with Gasteiger partial charge in [-0.05, 0) is 26.8 Å². The van der Waals surface area contributed by atoms with Crippen LogP contribution in [0.2, 0.25) is 0 Å². The molecule has 0 aromatic rings. The summed E-state index contributed by atoms with van der Waals surface area (Å²) >= 11 is 0. The Balaban J connectivity index is 2.51. The first-order valence-electron chi connectivity index (χ1n) is 6.94. The van der Waals surface area contributed by atoms with Gasteiger partial charge < -0.3 is 9.64 Å². The molecule has 20 heavy (non-hydrogen) atoms. The van der Waals surface area contributed by atoms with Crippen molar-refractivity contribution in [1.82, 2.24) is 9.80 Å². The quantitative estimate of drug-likeness (QED) is 0.619. The Morgan fingerprint density at radius 2 is 2.05 bits per heavy atom. The largest absolute Gasteiger partial charge is 0.385 e. The van der Waals surface area contributed by atoms with Crippen LogP contribution in [-0.2, 0) is 19.4 Å². The number of carbonyl (C=O) groups excluding carboxylic acids is 1. The number of carbonyl (C=O) groups is 1. The van der Waals surface area contributed by atoms with Crippen molar-refractivity contribution in [3.05, 3.63) is 0 Å². The molecule has 0 bridgehead atoms. The molecule has 1 saturated heterocycles. The highest BCUT2D eigenvalue weighted by molar-refractivity contribution is 7.91. The van der Waals surface area contributed by atoms with Crippen LogP contribution in [0.3, 0.4) is 0 Å². The summed E-state index contributed by atoms with van der Waals surface area (Å²) in [6, 6.07) is -0.428. The normalized spacial score (nSPS) is 22.9.